The largest absolute Gasteiger partial charge is 0.573 e. The van der Waals surface area contributed by atoms with Crippen LogP contribution >= 0.6 is 0 Å². The van der Waals surface area contributed by atoms with Crippen LogP contribution in [0.4, 0.5) is 17.6 Å². The van der Waals surface area contributed by atoms with Crippen molar-refractivity contribution in [3.63, 3.8) is 0 Å². The lowest BCUT2D eigenvalue weighted by Crippen LogP contribution is -2.41. The van der Waals surface area contributed by atoms with E-state index in [1.54, 1.807) is 6.92 Å². The van der Waals surface area contributed by atoms with E-state index in [9.17, 15) is 30.8 Å². The Morgan fingerprint density at radius 2 is 1.70 bits per heavy atom. The highest BCUT2D eigenvalue weighted by Crippen LogP contribution is 2.32. The molecule has 1 unspecified atom stereocenters. The molecule has 2 heterocycles. The molecule has 0 saturated carbocycles. The van der Waals surface area contributed by atoms with Gasteiger partial charge in [-0.15, -0.1) is 13.2 Å². The third kappa shape index (κ3) is 7.24. The number of hydrogen-bond acceptors (Lipinski definition) is 9. The summed E-state index contributed by atoms with van der Waals surface area (Å²) in [6, 6.07) is 7.82. The van der Waals surface area contributed by atoms with Gasteiger partial charge in [-0.1, -0.05) is 12.1 Å². The molecule has 1 saturated heterocycles. The number of halogens is 4. The van der Waals surface area contributed by atoms with E-state index < -0.39 is 28.1 Å². The normalized spacial score (nSPS) is 15.8. The number of aldehydes is 1. The van der Waals surface area contributed by atoms with Gasteiger partial charge in [-0.25, -0.2) is 22.8 Å². The molecule has 4 rings (SSSR count). The van der Waals surface area contributed by atoms with Crippen molar-refractivity contribution < 1.29 is 45.0 Å². The molecule has 0 spiro atoms. The van der Waals surface area contributed by atoms with Crippen molar-refractivity contribution >= 4 is 16.1 Å². The molecular weight excluding hydrogens is 558 g/mol. The van der Waals surface area contributed by atoms with Gasteiger partial charge in [-0.2, -0.15) is 0 Å². The third-order valence-corrected chi connectivity index (χ3v) is 7.37. The smallest absolute Gasteiger partial charge is 0.474 e. The number of rotatable bonds is 9. The summed E-state index contributed by atoms with van der Waals surface area (Å²) in [6.45, 7) is 2.58. The lowest BCUT2D eigenvalue weighted by atomic mass is 10.0. The first-order chi connectivity index (χ1) is 18.8. The van der Waals surface area contributed by atoms with Crippen LogP contribution in [0, 0.1) is 12.7 Å². The first kappa shape index (κ1) is 29.2. The Bertz CT molecular complexity index is 1460. The van der Waals surface area contributed by atoms with Crippen molar-refractivity contribution in [3.8, 4) is 23.3 Å². The summed E-state index contributed by atoms with van der Waals surface area (Å²) in [5.74, 6) is -1.20. The van der Waals surface area contributed by atoms with Gasteiger partial charge in [0.25, 0.3) is 0 Å². The van der Waals surface area contributed by atoms with Gasteiger partial charge in [-0.3, -0.25) is 4.90 Å². The fourth-order valence-electron chi connectivity index (χ4n) is 4.21. The first-order valence-corrected chi connectivity index (χ1v) is 13.9. The van der Waals surface area contributed by atoms with Gasteiger partial charge in [0.1, 0.15) is 24.5 Å². The number of benzene rings is 2. The van der Waals surface area contributed by atoms with Crippen molar-refractivity contribution in [1.29, 1.82) is 0 Å². The fraction of sp³-hybridized carbons (Fsp3) is 0.346. The molecule has 40 heavy (non-hydrogen) atoms. The highest BCUT2D eigenvalue weighted by molar-refractivity contribution is 7.90. The van der Waals surface area contributed by atoms with Crippen molar-refractivity contribution in [2.24, 2.45) is 0 Å². The van der Waals surface area contributed by atoms with Crippen molar-refractivity contribution in [1.82, 2.24) is 14.9 Å². The Morgan fingerprint density at radius 1 is 1.05 bits per heavy atom. The number of sulfone groups is 1. The van der Waals surface area contributed by atoms with Crippen LogP contribution in [0.2, 0.25) is 0 Å². The zero-order valence-electron chi connectivity index (χ0n) is 21.4. The van der Waals surface area contributed by atoms with Gasteiger partial charge in [-0.05, 0) is 55.7 Å². The molecule has 14 heteroatoms. The minimum absolute atomic E-state index is 0.0346. The zero-order chi connectivity index (χ0) is 29.1. The van der Waals surface area contributed by atoms with E-state index >= 15 is 0 Å². The molecule has 0 amide bonds. The molecular formula is C26H25F4N3O6S. The Kier molecular flexibility index (Phi) is 8.59. The van der Waals surface area contributed by atoms with Crippen LogP contribution in [0.25, 0.3) is 0 Å². The van der Waals surface area contributed by atoms with Gasteiger partial charge in [0.2, 0.25) is 11.8 Å². The standard InChI is InChI=1S/C26H25F4N3O6S/c1-16-24(31-15-32-25(16)38-23-8-7-20(13-21(23)27)40(2,35)36)37-18-9-11-33(12-10-18)22(14-34)17-3-5-19(6-4-17)39-26(28,29)30/h3-8,13-15,18,22H,9-12H2,1-2H3. The number of likely N-dealkylation sites (tertiary alicyclic amines) is 1. The molecule has 1 fully saturated rings. The molecule has 3 aromatic rings. The summed E-state index contributed by atoms with van der Waals surface area (Å²) in [7, 11) is -3.59. The second-order valence-corrected chi connectivity index (χ2v) is 11.1. The monoisotopic (exact) mass is 583 g/mol. The third-order valence-electron chi connectivity index (χ3n) is 6.26. The average molecular weight is 584 g/mol. The summed E-state index contributed by atoms with van der Waals surface area (Å²) in [6.07, 6.45) is -1.10. The minimum Gasteiger partial charge on any atom is -0.474 e. The lowest BCUT2D eigenvalue weighted by Gasteiger charge is -2.35. The van der Waals surface area contributed by atoms with Crippen molar-refractivity contribution in [2.75, 3.05) is 19.3 Å². The SMILES string of the molecule is Cc1c(Oc2ccc(S(C)(=O)=O)cc2F)ncnc1OC1CCN(C(C=O)c2ccc(OC(F)(F)F)cc2)CC1. The van der Waals surface area contributed by atoms with Crippen LogP contribution in [0.15, 0.2) is 53.7 Å². The average Bonchev–Trinajstić information content (AvgIpc) is 2.88. The van der Waals surface area contributed by atoms with E-state index in [4.69, 9.17) is 9.47 Å². The maximum Gasteiger partial charge on any atom is 0.573 e. The fourth-order valence-corrected chi connectivity index (χ4v) is 4.84. The molecule has 9 nitrogen and oxygen atoms in total. The van der Waals surface area contributed by atoms with Crippen LogP contribution in [0.1, 0.15) is 30.0 Å². The number of ether oxygens (including phenoxy) is 3. The molecule has 1 aliphatic rings. The quantitative estimate of drug-likeness (QED) is 0.259. The molecule has 0 radical (unpaired) electrons. The Morgan fingerprint density at radius 3 is 2.27 bits per heavy atom. The van der Waals surface area contributed by atoms with E-state index in [1.165, 1.54) is 42.7 Å². The van der Waals surface area contributed by atoms with Crippen LogP contribution < -0.4 is 14.2 Å². The molecule has 0 bridgehead atoms. The van der Waals surface area contributed by atoms with E-state index in [0.29, 0.717) is 37.1 Å². The van der Waals surface area contributed by atoms with E-state index in [0.717, 1.165) is 18.6 Å². The summed E-state index contributed by atoms with van der Waals surface area (Å²) in [4.78, 5) is 21.7. The topological polar surface area (TPSA) is 108 Å². The number of alkyl halides is 3. The maximum absolute atomic E-state index is 14.5. The second-order valence-electron chi connectivity index (χ2n) is 9.13. The van der Waals surface area contributed by atoms with Gasteiger partial charge in [0.15, 0.2) is 21.4 Å². The summed E-state index contributed by atoms with van der Waals surface area (Å²) in [5.41, 5.74) is 0.942. The number of carbonyl (C=O) groups is 1. The van der Waals surface area contributed by atoms with Crippen LogP contribution in [0.5, 0.6) is 23.3 Å². The molecule has 1 aliphatic heterocycles. The van der Waals surface area contributed by atoms with Gasteiger partial charge in [0.05, 0.1) is 16.5 Å². The summed E-state index contributed by atoms with van der Waals surface area (Å²) >= 11 is 0. The maximum atomic E-state index is 14.5. The highest BCUT2D eigenvalue weighted by atomic mass is 32.2. The molecule has 2 aromatic carbocycles. The molecule has 0 N–H and O–H groups in total. The lowest BCUT2D eigenvalue weighted by molar-refractivity contribution is -0.274. The predicted octanol–water partition coefficient (Wildman–Crippen LogP) is 4.80. The van der Waals surface area contributed by atoms with Crippen LogP contribution in [-0.4, -0.2) is 61.4 Å². The van der Waals surface area contributed by atoms with Gasteiger partial charge >= 0.3 is 6.36 Å². The number of aromatic nitrogens is 2. The molecule has 1 atom stereocenters. The number of carbonyl (C=O) groups excluding carboxylic acids is 1. The summed E-state index contributed by atoms with van der Waals surface area (Å²) < 4.78 is 90.5. The van der Waals surface area contributed by atoms with E-state index in [-0.39, 0.29) is 34.3 Å². The second kappa shape index (κ2) is 11.8. The minimum atomic E-state index is -4.80. The predicted molar refractivity (Wildman–Crippen MR) is 134 cm³/mol. The number of piperidine rings is 1. The molecule has 214 valence electrons. The summed E-state index contributed by atoms with van der Waals surface area (Å²) in [5, 5.41) is 0. The van der Waals surface area contributed by atoms with Gasteiger partial charge < -0.3 is 19.0 Å². The van der Waals surface area contributed by atoms with E-state index in [2.05, 4.69) is 14.7 Å². The van der Waals surface area contributed by atoms with Crippen molar-refractivity contribution in [2.45, 2.75) is 43.2 Å². The van der Waals surface area contributed by atoms with Crippen LogP contribution in [0.3, 0.4) is 0 Å². The zero-order valence-corrected chi connectivity index (χ0v) is 22.2. The molecule has 0 aliphatic carbocycles. The van der Waals surface area contributed by atoms with Gasteiger partial charge in [0, 0.05) is 19.3 Å². The molecule has 1 aromatic heterocycles. The number of nitrogens with zero attached hydrogens (tertiary/aromatic N) is 3. The highest BCUT2D eigenvalue weighted by Gasteiger charge is 2.32. The number of hydrogen-bond donors (Lipinski definition) is 0. The Hall–Kier alpha value is -3.78. The first-order valence-electron chi connectivity index (χ1n) is 12.0. The van der Waals surface area contributed by atoms with E-state index in [1.807, 2.05) is 4.90 Å². The Labute approximate surface area is 227 Å². The van der Waals surface area contributed by atoms with Crippen molar-refractivity contribution in [3.05, 3.63) is 65.7 Å². The van der Waals surface area contributed by atoms with Crippen LogP contribution in [-0.2, 0) is 14.6 Å². The Balaban J connectivity index is 1.38.